The van der Waals surface area contributed by atoms with Gasteiger partial charge in [0, 0.05) is 18.0 Å². The molecule has 0 aliphatic rings. The topological polar surface area (TPSA) is 93.8 Å². The molecular weight excluding hydrogens is 373 g/mol. The van der Waals surface area contributed by atoms with E-state index in [4.69, 9.17) is 5.11 Å². The average molecular weight is 389 g/mol. The van der Waals surface area contributed by atoms with Gasteiger partial charge in [0.1, 0.15) is 5.82 Å². The largest absolute Gasteiger partial charge is 0.478 e. The summed E-state index contributed by atoms with van der Waals surface area (Å²) in [6.45, 7) is 0.371. The van der Waals surface area contributed by atoms with E-state index in [1.807, 2.05) is 6.07 Å². The number of carboxylic acid groups (broad SMARTS) is 1. The SMILES string of the molecule is O=C(O)c1ccc(Cn2nnc(-c3cncc(Cc4ccc(F)cc4)c3)n2)cc1. The zero-order valence-electron chi connectivity index (χ0n) is 15.2. The van der Waals surface area contributed by atoms with E-state index in [-0.39, 0.29) is 11.4 Å². The van der Waals surface area contributed by atoms with Crippen molar-refractivity contribution in [2.75, 3.05) is 0 Å². The molecule has 0 atom stereocenters. The van der Waals surface area contributed by atoms with E-state index in [1.54, 1.807) is 48.8 Å². The third-order valence-corrected chi connectivity index (χ3v) is 4.35. The van der Waals surface area contributed by atoms with Crippen LogP contribution in [0.1, 0.15) is 27.0 Å². The number of tetrazole rings is 1. The van der Waals surface area contributed by atoms with Gasteiger partial charge in [0.2, 0.25) is 5.82 Å². The van der Waals surface area contributed by atoms with Gasteiger partial charge in [-0.15, -0.1) is 10.2 Å². The quantitative estimate of drug-likeness (QED) is 0.544. The first-order valence-electron chi connectivity index (χ1n) is 8.85. The van der Waals surface area contributed by atoms with Crippen molar-refractivity contribution in [3.63, 3.8) is 0 Å². The summed E-state index contributed by atoms with van der Waals surface area (Å²) in [7, 11) is 0. The van der Waals surface area contributed by atoms with Crippen LogP contribution in [0.3, 0.4) is 0 Å². The minimum absolute atomic E-state index is 0.227. The molecule has 0 saturated heterocycles. The van der Waals surface area contributed by atoms with Gasteiger partial charge in [0.05, 0.1) is 12.1 Å². The van der Waals surface area contributed by atoms with Crippen LogP contribution in [-0.2, 0) is 13.0 Å². The fourth-order valence-corrected chi connectivity index (χ4v) is 2.89. The van der Waals surface area contributed by atoms with E-state index in [0.717, 1.165) is 22.3 Å². The number of pyridine rings is 1. The minimum atomic E-state index is -0.967. The molecule has 4 rings (SSSR count). The fourth-order valence-electron chi connectivity index (χ4n) is 2.89. The van der Waals surface area contributed by atoms with Crippen LogP contribution in [0.4, 0.5) is 4.39 Å². The lowest BCUT2D eigenvalue weighted by Crippen LogP contribution is -2.04. The van der Waals surface area contributed by atoms with Crippen molar-refractivity contribution in [2.45, 2.75) is 13.0 Å². The van der Waals surface area contributed by atoms with Gasteiger partial charge in [-0.1, -0.05) is 24.3 Å². The van der Waals surface area contributed by atoms with Crippen LogP contribution >= 0.6 is 0 Å². The van der Waals surface area contributed by atoms with E-state index in [1.165, 1.54) is 16.9 Å². The number of carbonyl (C=O) groups is 1. The maximum atomic E-state index is 13.1. The number of rotatable bonds is 6. The molecule has 1 N–H and O–H groups in total. The Bertz CT molecular complexity index is 1140. The predicted octanol–water partition coefficient (Wildman–Crippen LogP) is 3.21. The zero-order chi connectivity index (χ0) is 20.2. The molecule has 0 saturated carbocycles. The van der Waals surface area contributed by atoms with Crippen molar-refractivity contribution in [1.82, 2.24) is 25.2 Å². The molecule has 0 amide bonds. The Hall–Kier alpha value is -3.94. The second kappa shape index (κ2) is 7.97. The van der Waals surface area contributed by atoms with Crippen LogP contribution in [0.2, 0.25) is 0 Å². The van der Waals surface area contributed by atoms with Crippen LogP contribution in [0.25, 0.3) is 11.4 Å². The molecule has 2 aromatic carbocycles. The molecule has 0 fully saturated rings. The third kappa shape index (κ3) is 4.49. The van der Waals surface area contributed by atoms with E-state index in [0.29, 0.717) is 18.8 Å². The lowest BCUT2D eigenvalue weighted by atomic mass is 10.1. The van der Waals surface area contributed by atoms with Gasteiger partial charge < -0.3 is 5.11 Å². The highest BCUT2D eigenvalue weighted by molar-refractivity contribution is 5.87. The van der Waals surface area contributed by atoms with Gasteiger partial charge in [-0.05, 0) is 58.7 Å². The molecule has 2 heterocycles. The predicted molar refractivity (Wildman–Crippen MR) is 103 cm³/mol. The van der Waals surface area contributed by atoms with Crippen molar-refractivity contribution < 1.29 is 14.3 Å². The van der Waals surface area contributed by atoms with Gasteiger partial charge >= 0.3 is 5.97 Å². The van der Waals surface area contributed by atoms with Crippen molar-refractivity contribution in [1.29, 1.82) is 0 Å². The third-order valence-electron chi connectivity index (χ3n) is 4.35. The molecule has 0 aliphatic heterocycles. The van der Waals surface area contributed by atoms with Crippen molar-refractivity contribution >= 4 is 5.97 Å². The van der Waals surface area contributed by atoms with E-state index in [9.17, 15) is 9.18 Å². The number of halogens is 1. The zero-order valence-corrected chi connectivity index (χ0v) is 15.2. The number of carboxylic acids is 1. The lowest BCUT2D eigenvalue weighted by molar-refractivity contribution is 0.0697. The molecule has 144 valence electrons. The van der Waals surface area contributed by atoms with Gasteiger partial charge in [0.15, 0.2) is 0 Å². The van der Waals surface area contributed by atoms with Crippen molar-refractivity contribution in [3.8, 4) is 11.4 Å². The average Bonchev–Trinajstić information content (AvgIpc) is 3.19. The van der Waals surface area contributed by atoms with E-state index in [2.05, 4.69) is 20.4 Å². The van der Waals surface area contributed by atoms with Gasteiger partial charge in [-0.2, -0.15) is 4.80 Å². The highest BCUT2D eigenvalue weighted by atomic mass is 19.1. The summed E-state index contributed by atoms with van der Waals surface area (Å²) < 4.78 is 13.1. The molecule has 4 aromatic rings. The number of nitrogens with zero attached hydrogens (tertiary/aromatic N) is 5. The van der Waals surface area contributed by atoms with Crippen molar-refractivity contribution in [2.24, 2.45) is 0 Å². The Morgan fingerprint density at radius 2 is 1.69 bits per heavy atom. The Balaban J connectivity index is 1.48. The summed E-state index contributed by atoms with van der Waals surface area (Å²) in [5.41, 5.74) is 3.76. The van der Waals surface area contributed by atoms with E-state index >= 15 is 0 Å². The second-order valence-corrected chi connectivity index (χ2v) is 6.53. The Morgan fingerprint density at radius 3 is 2.41 bits per heavy atom. The maximum Gasteiger partial charge on any atom is 0.335 e. The number of hydrogen-bond acceptors (Lipinski definition) is 5. The number of benzene rings is 2. The first-order chi connectivity index (χ1) is 14.1. The fraction of sp³-hybridized carbons (Fsp3) is 0.0952. The molecule has 0 bridgehead atoms. The van der Waals surface area contributed by atoms with Crippen molar-refractivity contribution in [3.05, 3.63) is 95.1 Å². The summed E-state index contributed by atoms with van der Waals surface area (Å²) in [4.78, 5) is 16.6. The molecular formula is C21H16FN5O2. The minimum Gasteiger partial charge on any atom is -0.478 e. The van der Waals surface area contributed by atoms with Crippen LogP contribution in [0.5, 0.6) is 0 Å². The molecule has 29 heavy (non-hydrogen) atoms. The lowest BCUT2D eigenvalue weighted by Gasteiger charge is -2.03. The summed E-state index contributed by atoms with van der Waals surface area (Å²) in [5, 5.41) is 21.5. The molecule has 0 spiro atoms. The molecule has 8 heteroatoms. The molecule has 7 nitrogen and oxygen atoms in total. The maximum absolute atomic E-state index is 13.1. The molecule has 2 aromatic heterocycles. The van der Waals surface area contributed by atoms with Crippen LogP contribution in [0, 0.1) is 5.82 Å². The number of hydrogen-bond donors (Lipinski definition) is 1. The normalized spacial score (nSPS) is 10.8. The molecule has 0 radical (unpaired) electrons. The Morgan fingerprint density at radius 1 is 0.966 bits per heavy atom. The number of aromatic nitrogens is 5. The summed E-state index contributed by atoms with van der Waals surface area (Å²) >= 11 is 0. The summed E-state index contributed by atoms with van der Waals surface area (Å²) in [6.07, 6.45) is 4.03. The number of aromatic carboxylic acids is 1. The Labute approximate surface area is 165 Å². The van der Waals surface area contributed by atoms with Crippen LogP contribution in [0.15, 0.2) is 67.0 Å². The first-order valence-corrected chi connectivity index (χ1v) is 8.85. The van der Waals surface area contributed by atoms with Crippen LogP contribution in [-0.4, -0.2) is 36.3 Å². The van der Waals surface area contributed by atoms with E-state index < -0.39 is 5.97 Å². The Kier molecular flexibility index (Phi) is 5.07. The monoisotopic (exact) mass is 389 g/mol. The van der Waals surface area contributed by atoms with Gasteiger partial charge in [-0.3, -0.25) is 4.98 Å². The molecule has 0 aliphatic carbocycles. The van der Waals surface area contributed by atoms with Gasteiger partial charge in [0.25, 0.3) is 0 Å². The summed E-state index contributed by atoms with van der Waals surface area (Å²) in [6, 6.07) is 14.8. The second-order valence-electron chi connectivity index (χ2n) is 6.53. The van der Waals surface area contributed by atoms with Crippen LogP contribution < -0.4 is 0 Å². The standard InChI is InChI=1S/C21H16FN5O2/c22-19-7-3-14(4-8-19)9-16-10-18(12-23-11-16)20-24-26-27(25-20)13-15-1-5-17(6-2-15)21(28)29/h1-8,10-12H,9,13H2,(H,28,29). The summed E-state index contributed by atoms with van der Waals surface area (Å²) in [5.74, 6) is -0.787. The highest BCUT2D eigenvalue weighted by Gasteiger charge is 2.09. The highest BCUT2D eigenvalue weighted by Crippen LogP contribution is 2.17. The first kappa shape index (κ1) is 18.4. The van der Waals surface area contributed by atoms with Gasteiger partial charge in [-0.25, -0.2) is 9.18 Å². The smallest absolute Gasteiger partial charge is 0.335 e. The molecule has 0 unspecified atom stereocenters.